The van der Waals surface area contributed by atoms with Crippen LogP contribution in [0.5, 0.6) is 5.75 Å². The van der Waals surface area contributed by atoms with E-state index >= 15 is 0 Å². The molecular formula is C22H17ClN4O2S. The fourth-order valence-electron chi connectivity index (χ4n) is 3.19. The third-order valence-corrected chi connectivity index (χ3v) is 5.99. The average Bonchev–Trinajstić information content (AvgIpc) is 3.55. The lowest BCUT2D eigenvalue weighted by molar-refractivity contribution is 0.264. The highest BCUT2D eigenvalue weighted by Gasteiger charge is 2.21. The minimum Gasteiger partial charge on any atom is -0.484 e. The Morgan fingerprint density at radius 3 is 2.60 bits per heavy atom. The number of hydrogen-bond donors (Lipinski definition) is 1. The van der Waals surface area contributed by atoms with E-state index in [4.69, 9.17) is 20.8 Å². The predicted molar refractivity (Wildman–Crippen MR) is 117 cm³/mol. The Morgan fingerprint density at radius 2 is 1.83 bits per heavy atom. The smallest absolute Gasteiger partial charge is 0.254 e. The van der Waals surface area contributed by atoms with Crippen molar-refractivity contribution in [1.29, 1.82) is 0 Å². The number of ether oxygens (including phenoxy) is 1. The van der Waals surface area contributed by atoms with E-state index in [1.54, 1.807) is 23.5 Å². The van der Waals surface area contributed by atoms with Crippen molar-refractivity contribution in [2.75, 3.05) is 0 Å². The molecular weight excluding hydrogens is 420 g/mol. The number of nitrogens with zero attached hydrogens (tertiary/aromatic N) is 3. The van der Waals surface area contributed by atoms with Gasteiger partial charge in [0.1, 0.15) is 5.75 Å². The Kier molecular flexibility index (Phi) is 5.21. The van der Waals surface area contributed by atoms with Crippen molar-refractivity contribution in [2.45, 2.75) is 19.1 Å². The van der Waals surface area contributed by atoms with Crippen molar-refractivity contribution in [1.82, 2.24) is 15.6 Å². The molecule has 0 spiro atoms. The first-order valence-electron chi connectivity index (χ1n) is 9.42. The van der Waals surface area contributed by atoms with Crippen LogP contribution in [0.25, 0.3) is 11.5 Å². The first kappa shape index (κ1) is 18.8. The molecule has 0 bridgehead atoms. The van der Waals surface area contributed by atoms with E-state index in [1.165, 1.54) is 4.88 Å². The summed E-state index contributed by atoms with van der Waals surface area (Å²) < 4.78 is 11.5. The summed E-state index contributed by atoms with van der Waals surface area (Å²) in [6, 6.07) is 19.6. The van der Waals surface area contributed by atoms with Crippen LogP contribution in [0.4, 0.5) is 0 Å². The van der Waals surface area contributed by atoms with Gasteiger partial charge in [0.15, 0.2) is 6.61 Å². The van der Waals surface area contributed by atoms with Gasteiger partial charge < -0.3 is 14.6 Å². The van der Waals surface area contributed by atoms with Gasteiger partial charge in [-0.25, -0.2) is 0 Å². The molecule has 30 heavy (non-hydrogen) atoms. The number of rotatable bonds is 6. The Balaban J connectivity index is 1.19. The summed E-state index contributed by atoms with van der Waals surface area (Å²) in [5.74, 6) is 1.58. The van der Waals surface area contributed by atoms with E-state index < -0.39 is 0 Å². The molecule has 0 radical (unpaired) electrons. The van der Waals surface area contributed by atoms with E-state index in [1.807, 2.05) is 36.4 Å². The molecule has 2 aromatic carbocycles. The zero-order valence-electron chi connectivity index (χ0n) is 15.8. The average molecular weight is 437 g/mol. The lowest BCUT2D eigenvalue weighted by Gasteiger charge is -2.07. The van der Waals surface area contributed by atoms with E-state index in [9.17, 15) is 0 Å². The van der Waals surface area contributed by atoms with E-state index in [2.05, 4.69) is 38.2 Å². The Morgan fingerprint density at radius 1 is 1.03 bits per heavy atom. The summed E-state index contributed by atoms with van der Waals surface area (Å²) in [6.45, 7) is 0.197. The molecule has 4 aromatic rings. The van der Waals surface area contributed by atoms with Crippen molar-refractivity contribution in [3.8, 4) is 17.2 Å². The van der Waals surface area contributed by atoms with Gasteiger partial charge in [-0.05, 0) is 65.5 Å². The summed E-state index contributed by atoms with van der Waals surface area (Å²) in [4.78, 5) is 1.30. The molecule has 0 saturated carbocycles. The SMILES string of the molecule is Clc1ccc(-c2nnc(COc3ccc(C4=NNC(c5cccs5)C4)cc3)o2)cc1. The van der Waals surface area contributed by atoms with Gasteiger partial charge in [-0.15, -0.1) is 21.5 Å². The van der Waals surface area contributed by atoms with Crippen LogP contribution in [0, 0.1) is 0 Å². The third-order valence-electron chi connectivity index (χ3n) is 4.75. The maximum atomic E-state index is 5.91. The normalized spacial score (nSPS) is 15.6. The molecule has 5 rings (SSSR count). The van der Waals surface area contributed by atoms with Crippen LogP contribution in [0.2, 0.25) is 5.02 Å². The number of nitrogens with one attached hydrogen (secondary N) is 1. The van der Waals surface area contributed by atoms with Crippen LogP contribution in [-0.4, -0.2) is 15.9 Å². The molecule has 2 aromatic heterocycles. The highest BCUT2D eigenvalue weighted by Crippen LogP contribution is 2.28. The maximum absolute atomic E-state index is 5.91. The Hall–Kier alpha value is -3.16. The number of thiophene rings is 1. The van der Waals surface area contributed by atoms with Crippen LogP contribution in [0.1, 0.15) is 28.8 Å². The topological polar surface area (TPSA) is 72.5 Å². The molecule has 1 unspecified atom stereocenters. The summed E-state index contributed by atoms with van der Waals surface area (Å²) in [5, 5.41) is 15.3. The van der Waals surface area contributed by atoms with E-state index in [0.717, 1.165) is 29.0 Å². The van der Waals surface area contributed by atoms with Crippen molar-refractivity contribution in [2.24, 2.45) is 5.10 Å². The fraction of sp³-hybridized carbons (Fsp3) is 0.136. The van der Waals surface area contributed by atoms with Crippen molar-refractivity contribution >= 4 is 28.6 Å². The highest BCUT2D eigenvalue weighted by molar-refractivity contribution is 7.10. The summed E-state index contributed by atoms with van der Waals surface area (Å²) in [6.07, 6.45) is 0.871. The van der Waals surface area contributed by atoms with Crippen LogP contribution in [0.3, 0.4) is 0 Å². The second kappa shape index (κ2) is 8.30. The van der Waals surface area contributed by atoms with Crippen molar-refractivity contribution in [3.63, 3.8) is 0 Å². The molecule has 0 fully saturated rings. The minimum atomic E-state index is 0.197. The van der Waals surface area contributed by atoms with Gasteiger partial charge in [-0.3, -0.25) is 0 Å². The summed E-state index contributed by atoms with van der Waals surface area (Å²) >= 11 is 7.65. The highest BCUT2D eigenvalue weighted by atomic mass is 35.5. The van der Waals surface area contributed by atoms with Gasteiger partial charge in [-0.1, -0.05) is 17.7 Å². The van der Waals surface area contributed by atoms with Gasteiger partial charge >= 0.3 is 0 Å². The minimum absolute atomic E-state index is 0.197. The van der Waals surface area contributed by atoms with E-state index in [0.29, 0.717) is 16.8 Å². The van der Waals surface area contributed by atoms with E-state index in [-0.39, 0.29) is 12.6 Å². The third kappa shape index (κ3) is 4.08. The molecule has 8 heteroatoms. The first-order chi connectivity index (χ1) is 14.7. The van der Waals surface area contributed by atoms with Gasteiger partial charge in [0, 0.05) is 21.9 Å². The number of benzene rings is 2. The monoisotopic (exact) mass is 436 g/mol. The number of halogens is 1. The summed E-state index contributed by atoms with van der Waals surface area (Å²) in [5.41, 5.74) is 6.16. The van der Waals surface area contributed by atoms with Gasteiger partial charge in [0.25, 0.3) is 5.89 Å². The molecule has 1 aliphatic heterocycles. The van der Waals surface area contributed by atoms with Crippen molar-refractivity contribution in [3.05, 3.63) is 87.4 Å². The standard InChI is InChI=1S/C22H17ClN4O2S/c23-16-7-3-15(4-8-16)22-27-26-21(29-22)13-28-17-9-5-14(6-10-17)18-12-19(25-24-18)20-2-1-11-30-20/h1-11,19,25H,12-13H2. The molecule has 150 valence electrons. The van der Waals surface area contributed by atoms with Gasteiger partial charge in [-0.2, -0.15) is 5.10 Å². The molecule has 0 saturated heterocycles. The predicted octanol–water partition coefficient (Wildman–Crippen LogP) is 5.47. The molecule has 1 atom stereocenters. The molecule has 3 heterocycles. The number of aromatic nitrogens is 2. The number of hydrazone groups is 1. The molecule has 0 amide bonds. The van der Waals surface area contributed by atoms with Crippen LogP contribution < -0.4 is 10.2 Å². The molecule has 0 aliphatic carbocycles. The zero-order chi connectivity index (χ0) is 20.3. The molecule has 6 nitrogen and oxygen atoms in total. The largest absolute Gasteiger partial charge is 0.484 e. The second-order valence-corrected chi connectivity index (χ2v) is 8.20. The quantitative estimate of drug-likeness (QED) is 0.434. The Labute approximate surface area is 182 Å². The molecule has 1 aliphatic rings. The molecule has 1 N–H and O–H groups in total. The van der Waals surface area contributed by atoms with Crippen LogP contribution in [-0.2, 0) is 6.61 Å². The van der Waals surface area contributed by atoms with Crippen molar-refractivity contribution < 1.29 is 9.15 Å². The maximum Gasteiger partial charge on any atom is 0.254 e. The second-order valence-electron chi connectivity index (χ2n) is 6.78. The number of hydrogen-bond acceptors (Lipinski definition) is 7. The lowest BCUT2D eigenvalue weighted by atomic mass is 10.0. The summed E-state index contributed by atoms with van der Waals surface area (Å²) in [7, 11) is 0. The van der Waals surface area contributed by atoms with Crippen LogP contribution in [0.15, 0.2) is 75.6 Å². The van der Waals surface area contributed by atoms with Gasteiger partial charge in [0.05, 0.1) is 11.8 Å². The van der Waals surface area contributed by atoms with Crippen LogP contribution >= 0.6 is 22.9 Å². The fourth-order valence-corrected chi connectivity index (χ4v) is 4.08. The lowest BCUT2D eigenvalue weighted by Crippen LogP contribution is -2.07. The first-order valence-corrected chi connectivity index (χ1v) is 10.7. The zero-order valence-corrected chi connectivity index (χ0v) is 17.4. The Bertz CT molecular complexity index is 1150. The van der Waals surface area contributed by atoms with Gasteiger partial charge in [0.2, 0.25) is 5.89 Å².